The standard InChI is InChI=1S/C13H21N3O2/c1-9(8-17)3-2-6-16-12-5-4-10(13(15)18)7-11(12)14/h4-5,7,9,16-17H,2-3,6,8,14H2,1H3,(H2,15,18). The number of carbonyl (C=O) groups excluding carboxylic acids is 1. The first-order valence-corrected chi connectivity index (χ1v) is 6.08. The van der Waals surface area contributed by atoms with Gasteiger partial charge in [-0.25, -0.2) is 0 Å². The van der Waals surface area contributed by atoms with E-state index in [0.29, 0.717) is 17.2 Å². The number of nitrogen functional groups attached to an aromatic ring is 1. The zero-order valence-corrected chi connectivity index (χ0v) is 10.6. The molecular formula is C13H21N3O2. The van der Waals surface area contributed by atoms with Gasteiger partial charge in [0.15, 0.2) is 0 Å². The first-order valence-electron chi connectivity index (χ1n) is 6.08. The Bertz CT molecular complexity index is 407. The number of anilines is 2. The molecule has 5 nitrogen and oxygen atoms in total. The number of benzene rings is 1. The number of hydrogen-bond acceptors (Lipinski definition) is 4. The summed E-state index contributed by atoms with van der Waals surface area (Å²) in [5.74, 6) is -0.161. The lowest BCUT2D eigenvalue weighted by Gasteiger charge is -2.11. The summed E-state index contributed by atoms with van der Waals surface area (Å²) >= 11 is 0. The van der Waals surface area contributed by atoms with Crippen molar-refractivity contribution in [2.24, 2.45) is 11.7 Å². The molecule has 5 heteroatoms. The highest BCUT2D eigenvalue weighted by Gasteiger charge is 2.05. The van der Waals surface area contributed by atoms with Crippen LogP contribution >= 0.6 is 0 Å². The highest BCUT2D eigenvalue weighted by atomic mass is 16.3. The smallest absolute Gasteiger partial charge is 0.248 e. The summed E-state index contributed by atoms with van der Waals surface area (Å²) in [7, 11) is 0. The van der Waals surface area contributed by atoms with Gasteiger partial charge in [-0.1, -0.05) is 6.92 Å². The molecule has 18 heavy (non-hydrogen) atoms. The third-order valence-electron chi connectivity index (χ3n) is 2.84. The van der Waals surface area contributed by atoms with Gasteiger partial charge in [0.1, 0.15) is 0 Å². The van der Waals surface area contributed by atoms with Crippen LogP contribution in [0.3, 0.4) is 0 Å². The average molecular weight is 251 g/mol. The fourth-order valence-electron chi connectivity index (χ4n) is 1.64. The van der Waals surface area contributed by atoms with Crippen molar-refractivity contribution in [3.05, 3.63) is 23.8 Å². The Morgan fingerprint density at radius 1 is 1.50 bits per heavy atom. The topological polar surface area (TPSA) is 101 Å². The van der Waals surface area contributed by atoms with Crippen molar-refractivity contribution in [3.8, 4) is 0 Å². The Morgan fingerprint density at radius 2 is 2.22 bits per heavy atom. The molecule has 1 atom stereocenters. The van der Waals surface area contributed by atoms with E-state index in [-0.39, 0.29) is 6.61 Å². The minimum absolute atomic E-state index is 0.218. The number of nitrogens with two attached hydrogens (primary N) is 2. The summed E-state index contributed by atoms with van der Waals surface area (Å²) in [5, 5.41) is 12.1. The number of hydrogen-bond donors (Lipinski definition) is 4. The van der Waals surface area contributed by atoms with E-state index >= 15 is 0 Å². The molecule has 0 spiro atoms. The van der Waals surface area contributed by atoms with E-state index < -0.39 is 5.91 Å². The average Bonchev–Trinajstić information content (AvgIpc) is 2.35. The normalized spacial score (nSPS) is 12.1. The number of aliphatic hydroxyl groups is 1. The minimum atomic E-state index is -0.481. The molecule has 0 heterocycles. The van der Waals surface area contributed by atoms with Crippen LogP contribution in [0.5, 0.6) is 0 Å². The van der Waals surface area contributed by atoms with Gasteiger partial charge < -0.3 is 21.9 Å². The molecule has 0 saturated carbocycles. The van der Waals surface area contributed by atoms with Crippen molar-refractivity contribution < 1.29 is 9.90 Å². The molecule has 0 aromatic heterocycles. The lowest BCUT2D eigenvalue weighted by molar-refractivity contribution is 0.100. The van der Waals surface area contributed by atoms with E-state index in [0.717, 1.165) is 25.1 Å². The Labute approximate surface area is 107 Å². The molecule has 1 aromatic carbocycles. The highest BCUT2D eigenvalue weighted by Crippen LogP contribution is 2.19. The largest absolute Gasteiger partial charge is 0.397 e. The maximum Gasteiger partial charge on any atom is 0.248 e. The molecule has 1 aromatic rings. The molecule has 0 fully saturated rings. The van der Waals surface area contributed by atoms with Crippen LogP contribution in [0, 0.1) is 5.92 Å². The van der Waals surface area contributed by atoms with Gasteiger partial charge in [-0.15, -0.1) is 0 Å². The summed E-state index contributed by atoms with van der Waals surface area (Å²) in [4.78, 5) is 11.0. The number of rotatable bonds is 7. The summed E-state index contributed by atoms with van der Waals surface area (Å²) in [5.41, 5.74) is 12.7. The predicted molar refractivity (Wildman–Crippen MR) is 73.3 cm³/mol. The van der Waals surface area contributed by atoms with Crippen LogP contribution < -0.4 is 16.8 Å². The lowest BCUT2D eigenvalue weighted by Crippen LogP contribution is -2.12. The quantitative estimate of drug-likeness (QED) is 0.432. The molecule has 0 radical (unpaired) electrons. The van der Waals surface area contributed by atoms with Crippen molar-refractivity contribution >= 4 is 17.3 Å². The number of primary amides is 1. The van der Waals surface area contributed by atoms with Crippen LogP contribution in [0.2, 0.25) is 0 Å². The van der Waals surface area contributed by atoms with Gasteiger partial charge in [-0.3, -0.25) is 4.79 Å². The first-order chi connectivity index (χ1) is 8.54. The molecular weight excluding hydrogens is 230 g/mol. The van der Waals surface area contributed by atoms with Gasteiger partial charge in [-0.2, -0.15) is 0 Å². The van der Waals surface area contributed by atoms with Crippen LogP contribution in [0.25, 0.3) is 0 Å². The molecule has 0 bridgehead atoms. The maximum absolute atomic E-state index is 11.0. The van der Waals surface area contributed by atoms with Crippen molar-refractivity contribution in [2.45, 2.75) is 19.8 Å². The Morgan fingerprint density at radius 3 is 2.78 bits per heavy atom. The van der Waals surface area contributed by atoms with Gasteiger partial charge in [0.05, 0.1) is 11.4 Å². The van der Waals surface area contributed by atoms with Crippen LogP contribution in [0.1, 0.15) is 30.1 Å². The summed E-state index contributed by atoms with van der Waals surface area (Å²) < 4.78 is 0. The van der Waals surface area contributed by atoms with E-state index in [4.69, 9.17) is 16.6 Å². The van der Waals surface area contributed by atoms with Crippen LogP contribution in [0.4, 0.5) is 11.4 Å². The predicted octanol–water partition coefficient (Wildman–Crippen LogP) is 1.19. The summed E-state index contributed by atoms with van der Waals surface area (Å²) in [6.07, 6.45) is 1.92. The number of amides is 1. The van der Waals surface area contributed by atoms with Gasteiger partial charge in [0.25, 0.3) is 0 Å². The van der Waals surface area contributed by atoms with Crippen molar-refractivity contribution in [3.63, 3.8) is 0 Å². The fourth-order valence-corrected chi connectivity index (χ4v) is 1.64. The Hall–Kier alpha value is -1.75. The van der Waals surface area contributed by atoms with Crippen molar-refractivity contribution in [1.82, 2.24) is 0 Å². The van der Waals surface area contributed by atoms with Gasteiger partial charge >= 0.3 is 0 Å². The minimum Gasteiger partial charge on any atom is -0.397 e. The molecule has 6 N–H and O–H groups in total. The van der Waals surface area contributed by atoms with Crippen LogP contribution in [-0.2, 0) is 0 Å². The fraction of sp³-hybridized carbons (Fsp3) is 0.462. The Balaban J connectivity index is 2.46. The van der Waals surface area contributed by atoms with Gasteiger partial charge in [0.2, 0.25) is 5.91 Å². The van der Waals surface area contributed by atoms with E-state index in [9.17, 15) is 4.79 Å². The van der Waals surface area contributed by atoms with E-state index in [1.165, 1.54) is 0 Å². The van der Waals surface area contributed by atoms with Crippen LogP contribution in [-0.4, -0.2) is 24.2 Å². The van der Waals surface area contributed by atoms with Gasteiger partial charge in [-0.05, 0) is 37.0 Å². The molecule has 0 saturated heterocycles. The van der Waals surface area contributed by atoms with E-state index in [2.05, 4.69) is 5.32 Å². The third kappa shape index (κ3) is 4.25. The number of aliphatic hydroxyl groups excluding tert-OH is 1. The number of carbonyl (C=O) groups is 1. The molecule has 0 aliphatic rings. The second-order valence-electron chi connectivity index (χ2n) is 4.52. The van der Waals surface area contributed by atoms with E-state index in [1.54, 1.807) is 18.2 Å². The maximum atomic E-state index is 11.0. The van der Waals surface area contributed by atoms with Crippen molar-refractivity contribution in [1.29, 1.82) is 0 Å². The molecule has 1 rings (SSSR count). The summed E-state index contributed by atoms with van der Waals surface area (Å²) in [6.45, 7) is 3.01. The Kier molecular flexibility index (Phi) is 5.45. The zero-order valence-electron chi connectivity index (χ0n) is 10.6. The summed E-state index contributed by atoms with van der Waals surface area (Å²) in [6, 6.07) is 4.98. The SMILES string of the molecule is CC(CO)CCCNc1ccc(C(N)=O)cc1N. The molecule has 0 aliphatic carbocycles. The van der Waals surface area contributed by atoms with Gasteiger partial charge in [0, 0.05) is 18.7 Å². The first kappa shape index (κ1) is 14.3. The monoisotopic (exact) mass is 251 g/mol. The van der Waals surface area contributed by atoms with Crippen molar-refractivity contribution in [2.75, 3.05) is 24.2 Å². The van der Waals surface area contributed by atoms with E-state index in [1.807, 2.05) is 6.92 Å². The molecule has 0 aliphatic heterocycles. The second-order valence-corrected chi connectivity index (χ2v) is 4.52. The number of nitrogens with one attached hydrogen (secondary N) is 1. The zero-order chi connectivity index (χ0) is 13.5. The molecule has 100 valence electrons. The third-order valence-corrected chi connectivity index (χ3v) is 2.84. The second kappa shape index (κ2) is 6.86. The highest BCUT2D eigenvalue weighted by molar-refractivity contribution is 5.94. The molecule has 1 unspecified atom stereocenters. The van der Waals surface area contributed by atoms with Crippen LogP contribution in [0.15, 0.2) is 18.2 Å². The molecule has 1 amide bonds. The lowest BCUT2D eigenvalue weighted by atomic mass is 10.1.